The van der Waals surface area contributed by atoms with Crippen LogP contribution in [0.4, 0.5) is 5.69 Å². The van der Waals surface area contributed by atoms with Gasteiger partial charge in [0, 0.05) is 25.3 Å². The van der Waals surface area contributed by atoms with Gasteiger partial charge in [-0.25, -0.2) is 0 Å². The Bertz CT molecular complexity index is 423. The summed E-state index contributed by atoms with van der Waals surface area (Å²) in [6.07, 6.45) is 7.14. The van der Waals surface area contributed by atoms with Crippen LogP contribution >= 0.6 is 0 Å². The van der Waals surface area contributed by atoms with E-state index in [0.717, 1.165) is 38.8 Å². The number of rotatable bonds is 5. The second-order valence-electron chi connectivity index (χ2n) is 6.40. The minimum atomic E-state index is 0.851. The van der Waals surface area contributed by atoms with Gasteiger partial charge in [0.05, 0.1) is 13.2 Å². The van der Waals surface area contributed by atoms with Crippen molar-refractivity contribution in [2.75, 3.05) is 37.7 Å². The number of benzene rings is 1. The van der Waals surface area contributed by atoms with E-state index in [0.29, 0.717) is 0 Å². The lowest BCUT2D eigenvalue weighted by Gasteiger charge is -2.29. The first-order chi connectivity index (χ1) is 10.4. The molecule has 1 saturated heterocycles. The number of hydrogen-bond acceptors (Lipinski definition) is 3. The fraction of sp³-hybridized carbons (Fsp3) is 0.667. The first-order valence-corrected chi connectivity index (χ1v) is 8.54. The summed E-state index contributed by atoms with van der Waals surface area (Å²) in [5.74, 6) is 0.904. The predicted octanol–water partition coefficient (Wildman–Crippen LogP) is 3.19. The topological polar surface area (TPSA) is 24.5 Å². The third-order valence-corrected chi connectivity index (χ3v) is 4.77. The molecule has 0 radical (unpaired) electrons. The lowest BCUT2D eigenvalue weighted by Crippen LogP contribution is -2.36. The molecular weight excluding hydrogens is 260 g/mol. The maximum absolute atomic E-state index is 5.43. The molecule has 1 aliphatic carbocycles. The third-order valence-electron chi connectivity index (χ3n) is 4.77. The van der Waals surface area contributed by atoms with Crippen LogP contribution in [-0.2, 0) is 11.3 Å². The number of nitrogens with zero attached hydrogens (tertiary/aromatic N) is 1. The minimum absolute atomic E-state index is 0.851. The Morgan fingerprint density at radius 3 is 2.71 bits per heavy atom. The summed E-state index contributed by atoms with van der Waals surface area (Å²) in [4.78, 5) is 2.42. The molecule has 1 saturated carbocycles. The largest absolute Gasteiger partial charge is 0.378 e. The van der Waals surface area contributed by atoms with Gasteiger partial charge in [-0.1, -0.05) is 31.4 Å². The van der Waals surface area contributed by atoms with Gasteiger partial charge in [0.15, 0.2) is 0 Å². The van der Waals surface area contributed by atoms with Crippen molar-refractivity contribution in [3.8, 4) is 0 Å². The molecular formula is C18H28N2O. The molecule has 0 atom stereocenters. The highest BCUT2D eigenvalue weighted by atomic mass is 16.5. The van der Waals surface area contributed by atoms with Crippen molar-refractivity contribution in [1.82, 2.24) is 5.32 Å². The zero-order chi connectivity index (χ0) is 14.3. The van der Waals surface area contributed by atoms with Crippen LogP contribution in [0, 0.1) is 5.92 Å². The molecule has 1 aliphatic heterocycles. The van der Waals surface area contributed by atoms with Crippen LogP contribution in [0.15, 0.2) is 24.3 Å². The Kier molecular flexibility index (Phi) is 5.53. The summed E-state index contributed by atoms with van der Waals surface area (Å²) in [6.45, 7) is 5.91. The van der Waals surface area contributed by atoms with Gasteiger partial charge in [-0.15, -0.1) is 0 Å². The molecule has 2 fully saturated rings. The molecule has 21 heavy (non-hydrogen) atoms. The van der Waals surface area contributed by atoms with Crippen LogP contribution in [-0.4, -0.2) is 32.8 Å². The van der Waals surface area contributed by atoms with Crippen LogP contribution in [0.5, 0.6) is 0 Å². The van der Waals surface area contributed by atoms with Gasteiger partial charge in [0.25, 0.3) is 0 Å². The van der Waals surface area contributed by atoms with E-state index in [9.17, 15) is 0 Å². The van der Waals surface area contributed by atoms with Crippen LogP contribution in [0.3, 0.4) is 0 Å². The van der Waals surface area contributed by atoms with Gasteiger partial charge >= 0.3 is 0 Å². The number of morpholine rings is 1. The van der Waals surface area contributed by atoms with Gasteiger partial charge in [0.1, 0.15) is 0 Å². The molecule has 3 nitrogen and oxygen atoms in total. The normalized spacial score (nSPS) is 20.7. The van der Waals surface area contributed by atoms with E-state index in [1.54, 1.807) is 0 Å². The van der Waals surface area contributed by atoms with E-state index in [1.165, 1.54) is 49.9 Å². The highest BCUT2D eigenvalue weighted by molar-refractivity contribution is 5.48. The van der Waals surface area contributed by atoms with Crippen molar-refractivity contribution in [3.05, 3.63) is 29.8 Å². The molecule has 0 unspecified atom stereocenters. The second-order valence-corrected chi connectivity index (χ2v) is 6.40. The average Bonchev–Trinajstić information content (AvgIpc) is 2.57. The number of anilines is 1. The number of hydrogen-bond donors (Lipinski definition) is 1. The maximum Gasteiger partial charge on any atom is 0.0642 e. The summed E-state index contributed by atoms with van der Waals surface area (Å²) in [5, 5.41) is 3.66. The van der Waals surface area contributed by atoms with Crippen molar-refractivity contribution < 1.29 is 4.74 Å². The van der Waals surface area contributed by atoms with Crippen molar-refractivity contribution in [2.24, 2.45) is 5.92 Å². The summed E-state index contributed by atoms with van der Waals surface area (Å²) < 4.78 is 5.43. The Labute approximate surface area is 128 Å². The summed E-state index contributed by atoms with van der Waals surface area (Å²) >= 11 is 0. The molecule has 0 aromatic heterocycles. The maximum atomic E-state index is 5.43. The Morgan fingerprint density at radius 1 is 1.10 bits per heavy atom. The van der Waals surface area contributed by atoms with E-state index >= 15 is 0 Å². The van der Waals surface area contributed by atoms with Gasteiger partial charge in [-0.3, -0.25) is 0 Å². The van der Waals surface area contributed by atoms with Crippen molar-refractivity contribution in [3.63, 3.8) is 0 Å². The van der Waals surface area contributed by atoms with E-state index in [1.807, 2.05) is 0 Å². The first kappa shape index (κ1) is 14.9. The second kappa shape index (κ2) is 7.81. The molecule has 1 heterocycles. The van der Waals surface area contributed by atoms with E-state index in [4.69, 9.17) is 4.74 Å². The standard InChI is InChI=1S/C18H28N2O/c1-2-5-16(6-3-1)14-19-15-17-7-4-8-18(13-17)20-9-11-21-12-10-20/h4,7-8,13,16,19H,1-3,5-6,9-12,14-15H2. The lowest BCUT2D eigenvalue weighted by molar-refractivity contribution is 0.122. The van der Waals surface area contributed by atoms with Gasteiger partial charge in [0.2, 0.25) is 0 Å². The first-order valence-electron chi connectivity index (χ1n) is 8.54. The van der Waals surface area contributed by atoms with Crippen molar-refractivity contribution >= 4 is 5.69 Å². The molecule has 0 spiro atoms. The van der Waals surface area contributed by atoms with E-state index < -0.39 is 0 Å². The number of ether oxygens (including phenoxy) is 1. The van der Waals surface area contributed by atoms with Gasteiger partial charge < -0.3 is 15.0 Å². The zero-order valence-electron chi connectivity index (χ0n) is 13.0. The van der Waals surface area contributed by atoms with Gasteiger partial charge in [-0.05, 0) is 43.0 Å². The van der Waals surface area contributed by atoms with E-state index in [2.05, 4.69) is 34.5 Å². The summed E-state index contributed by atoms with van der Waals surface area (Å²) in [7, 11) is 0. The molecule has 1 aromatic rings. The number of nitrogens with one attached hydrogen (secondary N) is 1. The average molecular weight is 288 g/mol. The summed E-state index contributed by atoms with van der Waals surface area (Å²) in [5.41, 5.74) is 2.74. The molecule has 0 bridgehead atoms. The fourth-order valence-electron chi connectivity index (χ4n) is 3.50. The highest BCUT2D eigenvalue weighted by Gasteiger charge is 2.13. The quantitative estimate of drug-likeness (QED) is 0.900. The fourth-order valence-corrected chi connectivity index (χ4v) is 3.50. The molecule has 0 amide bonds. The van der Waals surface area contributed by atoms with Crippen LogP contribution < -0.4 is 10.2 Å². The van der Waals surface area contributed by atoms with Crippen LogP contribution in [0.25, 0.3) is 0 Å². The summed E-state index contributed by atoms with van der Waals surface area (Å²) in [6, 6.07) is 8.97. The lowest BCUT2D eigenvalue weighted by atomic mass is 9.89. The minimum Gasteiger partial charge on any atom is -0.378 e. The molecule has 116 valence electrons. The Morgan fingerprint density at radius 2 is 1.90 bits per heavy atom. The Balaban J connectivity index is 1.48. The zero-order valence-corrected chi connectivity index (χ0v) is 13.0. The molecule has 3 heteroatoms. The monoisotopic (exact) mass is 288 g/mol. The van der Waals surface area contributed by atoms with Gasteiger partial charge in [-0.2, -0.15) is 0 Å². The molecule has 1 aromatic carbocycles. The van der Waals surface area contributed by atoms with Crippen LogP contribution in [0.2, 0.25) is 0 Å². The molecule has 1 N–H and O–H groups in total. The van der Waals surface area contributed by atoms with Crippen molar-refractivity contribution in [1.29, 1.82) is 0 Å². The smallest absolute Gasteiger partial charge is 0.0642 e. The van der Waals surface area contributed by atoms with Crippen LogP contribution in [0.1, 0.15) is 37.7 Å². The highest BCUT2D eigenvalue weighted by Crippen LogP contribution is 2.23. The SMILES string of the molecule is c1cc(CNCC2CCCCC2)cc(N2CCOCC2)c1. The molecule has 3 rings (SSSR count). The third kappa shape index (κ3) is 4.45. The van der Waals surface area contributed by atoms with Crippen molar-refractivity contribution in [2.45, 2.75) is 38.6 Å². The Hall–Kier alpha value is -1.06. The van der Waals surface area contributed by atoms with E-state index in [-0.39, 0.29) is 0 Å². The predicted molar refractivity (Wildman–Crippen MR) is 87.8 cm³/mol. The molecule has 2 aliphatic rings.